The molecule has 132 valence electrons. The maximum atomic E-state index is 13.0. The standard InChI is InChI=1S/C21H22N4O/c1-13-16-12-25(2)11-8-14(16)19(21(26)23-10-5-9-22)20-18(13)15-6-3-4-7-17(15)24-20/h3-4,6-8,11-12H,5,9-10,22H2,1-2H3,(H,23,26)/p+1. The van der Waals surface area contributed by atoms with Gasteiger partial charge < -0.3 is 16.0 Å². The van der Waals surface area contributed by atoms with Crippen LogP contribution in [0, 0.1) is 6.92 Å². The number of amides is 1. The van der Waals surface area contributed by atoms with E-state index in [-0.39, 0.29) is 5.91 Å². The molecular weight excluding hydrogens is 324 g/mol. The van der Waals surface area contributed by atoms with Crippen LogP contribution in [0.15, 0.2) is 42.7 Å². The molecule has 0 atom stereocenters. The largest absolute Gasteiger partial charge is 0.354 e. The molecule has 26 heavy (non-hydrogen) atoms. The number of nitrogens with two attached hydrogens (primary N) is 1. The molecule has 0 aliphatic carbocycles. The molecule has 2 heterocycles. The third-order valence-corrected chi connectivity index (χ3v) is 5.00. The summed E-state index contributed by atoms with van der Waals surface area (Å²) in [4.78, 5) is 16.5. The van der Waals surface area contributed by atoms with Gasteiger partial charge in [-0.2, -0.15) is 0 Å². The Morgan fingerprint density at radius 3 is 2.81 bits per heavy atom. The first kappa shape index (κ1) is 16.5. The molecule has 4 rings (SSSR count). The first-order valence-electron chi connectivity index (χ1n) is 8.92. The van der Waals surface area contributed by atoms with E-state index in [0.29, 0.717) is 18.7 Å². The minimum Gasteiger partial charge on any atom is -0.354 e. The predicted molar refractivity (Wildman–Crippen MR) is 105 cm³/mol. The van der Waals surface area contributed by atoms with Crippen LogP contribution in [0.25, 0.3) is 32.6 Å². The van der Waals surface area contributed by atoms with Crippen molar-refractivity contribution in [1.29, 1.82) is 0 Å². The van der Waals surface area contributed by atoms with Gasteiger partial charge in [0.15, 0.2) is 12.4 Å². The van der Waals surface area contributed by atoms with Gasteiger partial charge in [-0.3, -0.25) is 4.79 Å². The van der Waals surface area contributed by atoms with Crippen molar-refractivity contribution < 1.29 is 9.36 Å². The third kappa shape index (κ3) is 2.52. The highest BCUT2D eigenvalue weighted by atomic mass is 16.1. The second-order valence-electron chi connectivity index (χ2n) is 6.76. The van der Waals surface area contributed by atoms with E-state index >= 15 is 0 Å². The second kappa shape index (κ2) is 6.42. The van der Waals surface area contributed by atoms with Gasteiger partial charge in [-0.15, -0.1) is 0 Å². The number of hydrogen-bond acceptors (Lipinski definition) is 2. The Morgan fingerprint density at radius 1 is 1.19 bits per heavy atom. The van der Waals surface area contributed by atoms with E-state index in [0.717, 1.165) is 39.0 Å². The molecule has 0 bridgehead atoms. The lowest BCUT2D eigenvalue weighted by Gasteiger charge is -2.11. The third-order valence-electron chi connectivity index (χ3n) is 5.00. The quantitative estimate of drug-likeness (QED) is 0.392. The fourth-order valence-corrected chi connectivity index (χ4v) is 3.73. The minimum absolute atomic E-state index is 0.0612. The number of carbonyl (C=O) groups excluding carboxylic acids is 1. The molecule has 4 aromatic rings. The Bertz CT molecular complexity index is 1140. The Morgan fingerprint density at radius 2 is 2.00 bits per heavy atom. The summed E-state index contributed by atoms with van der Waals surface area (Å²) in [5, 5.41) is 7.33. The molecule has 0 aliphatic rings. The van der Waals surface area contributed by atoms with Crippen LogP contribution < -0.4 is 15.6 Å². The number of para-hydroxylation sites is 1. The molecule has 1 amide bonds. The number of fused-ring (bicyclic) bond motifs is 4. The summed E-state index contributed by atoms with van der Waals surface area (Å²) in [6.07, 6.45) is 4.83. The molecule has 5 nitrogen and oxygen atoms in total. The number of pyridine rings is 1. The van der Waals surface area contributed by atoms with Crippen LogP contribution in [0.5, 0.6) is 0 Å². The highest BCUT2D eigenvalue weighted by Gasteiger charge is 2.21. The molecule has 0 radical (unpaired) electrons. The SMILES string of the molecule is Cc1c2c[n+](C)ccc2c(C(=O)NCCCN)c2[nH]c3ccccc3c12. The van der Waals surface area contributed by atoms with Gasteiger partial charge in [-0.05, 0) is 31.5 Å². The number of benzene rings is 2. The van der Waals surface area contributed by atoms with Crippen molar-refractivity contribution in [2.45, 2.75) is 13.3 Å². The number of carbonyl (C=O) groups is 1. The Hall–Kier alpha value is -2.92. The number of aromatic nitrogens is 2. The first-order chi connectivity index (χ1) is 12.6. The van der Waals surface area contributed by atoms with Crippen LogP contribution in [0.2, 0.25) is 0 Å². The van der Waals surface area contributed by atoms with Crippen molar-refractivity contribution in [3.63, 3.8) is 0 Å². The smallest absolute Gasteiger partial charge is 0.254 e. The molecule has 5 heteroatoms. The molecule has 0 fully saturated rings. The molecular formula is C21H23N4O+. The van der Waals surface area contributed by atoms with Crippen LogP contribution in [-0.2, 0) is 7.05 Å². The average molecular weight is 347 g/mol. The molecule has 0 saturated carbocycles. The maximum absolute atomic E-state index is 13.0. The molecule has 0 unspecified atom stereocenters. The van der Waals surface area contributed by atoms with Crippen molar-refractivity contribution in [1.82, 2.24) is 10.3 Å². The molecule has 4 N–H and O–H groups in total. The van der Waals surface area contributed by atoms with Crippen molar-refractivity contribution in [3.8, 4) is 0 Å². The minimum atomic E-state index is -0.0612. The van der Waals surface area contributed by atoms with Crippen molar-refractivity contribution in [3.05, 3.63) is 53.9 Å². The van der Waals surface area contributed by atoms with Crippen LogP contribution in [-0.4, -0.2) is 24.0 Å². The zero-order chi connectivity index (χ0) is 18.3. The molecule has 2 aromatic heterocycles. The van der Waals surface area contributed by atoms with Crippen molar-refractivity contribution in [2.24, 2.45) is 12.8 Å². The van der Waals surface area contributed by atoms with E-state index in [1.165, 1.54) is 5.56 Å². The molecule has 0 saturated heterocycles. The maximum Gasteiger partial charge on any atom is 0.254 e. The summed E-state index contributed by atoms with van der Waals surface area (Å²) >= 11 is 0. The molecule has 2 aromatic carbocycles. The van der Waals surface area contributed by atoms with Gasteiger partial charge in [0.1, 0.15) is 7.05 Å². The van der Waals surface area contributed by atoms with E-state index in [9.17, 15) is 4.79 Å². The van der Waals surface area contributed by atoms with Gasteiger partial charge in [-0.1, -0.05) is 18.2 Å². The van der Waals surface area contributed by atoms with E-state index in [4.69, 9.17) is 5.73 Å². The highest BCUT2D eigenvalue weighted by Crippen LogP contribution is 2.36. The monoisotopic (exact) mass is 347 g/mol. The first-order valence-corrected chi connectivity index (χ1v) is 8.92. The number of hydrogen-bond donors (Lipinski definition) is 3. The van der Waals surface area contributed by atoms with E-state index < -0.39 is 0 Å². The number of nitrogens with one attached hydrogen (secondary N) is 2. The van der Waals surface area contributed by atoms with Crippen LogP contribution in [0.1, 0.15) is 22.3 Å². The summed E-state index contributed by atoms with van der Waals surface area (Å²) in [5.74, 6) is -0.0612. The van der Waals surface area contributed by atoms with Gasteiger partial charge in [0, 0.05) is 34.3 Å². The van der Waals surface area contributed by atoms with Crippen LogP contribution >= 0.6 is 0 Å². The van der Waals surface area contributed by atoms with E-state index in [1.807, 2.05) is 36.0 Å². The lowest BCUT2D eigenvalue weighted by atomic mass is 9.95. The lowest BCUT2D eigenvalue weighted by molar-refractivity contribution is -0.670. The van der Waals surface area contributed by atoms with Crippen molar-refractivity contribution in [2.75, 3.05) is 13.1 Å². The van der Waals surface area contributed by atoms with E-state index in [1.54, 1.807) is 0 Å². The number of rotatable bonds is 4. The van der Waals surface area contributed by atoms with Gasteiger partial charge in [0.05, 0.1) is 16.5 Å². The topological polar surface area (TPSA) is 74.8 Å². The van der Waals surface area contributed by atoms with Gasteiger partial charge in [0.25, 0.3) is 5.91 Å². The fraction of sp³-hybridized carbons (Fsp3) is 0.238. The van der Waals surface area contributed by atoms with E-state index in [2.05, 4.69) is 35.6 Å². The normalized spacial score (nSPS) is 11.5. The highest BCUT2D eigenvalue weighted by molar-refractivity contribution is 6.24. The predicted octanol–water partition coefficient (Wildman–Crippen LogP) is 2.69. The molecule has 0 aliphatic heterocycles. The lowest BCUT2D eigenvalue weighted by Crippen LogP contribution is -2.28. The summed E-state index contributed by atoms with van der Waals surface area (Å²) in [5.41, 5.74) is 9.39. The number of aromatic amines is 1. The summed E-state index contributed by atoms with van der Waals surface area (Å²) in [7, 11) is 2.00. The number of aryl methyl sites for hydroxylation is 2. The summed E-state index contributed by atoms with van der Waals surface area (Å²) in [6.45, 7) is 3.26. The van der Waals surface area contributed by atoms with Crippen LogP contribution in [0.4, 0.5) is 0 Å². The number of H-pyrrole nitrogens is 1. The Kier molecular flexibility index (Phi) is 4.09. The average Bonchev–Trinajstić information content (AvgIpc) is 3.02. The zero-order valence-electron chi connectivity index (χ0n) is 15.1. The summed E-state index contributed by atoms with van der Waals surface area (Å²) < 4.78 is 2.02. The Labute approximate surface area is 151 Å². The van der Waals surface area contributed by atoms with Gasteiger partial charge in [-0.25, -0.2) is 4.57 Å². The van der Waals surface area contributed by atoms with Gasteiger partial charge >= 0.3 is 0 Å². The summed E-state index contributed by atoms with van der Waals surface area (Å²) in [6, 6.07) is 10.2. The second-order valence-corrected chi connectivity index (χ2v) is 6.76. The zero-order valence-corrected chi connectivity index (χ0v) is 15.1. The van der Waals surface area contributed by atoms with Crippen LogP contribution in [0.3, 0.4) is 0 Å². The number of nitrogens with zero attached hydrogens (tertiary/aromatic N) is 1. The fourth-order valence-electron chi connectivity index (χ4n) is 3.73. The van der Waals surface area contributed by atoms with Crippen molar-refractivity contribution >= 4 is 38.5 Å². The van der Waals surface area contributed by atoms with Gasteiger partial charge in [0.2, 0.25) is 0 Å². The molecule has 0 spiro atoms. The Balaban J connectivity index is 2.08.